The molecule has 0 fully saturated rings. The van der Waals surface area contributed by atoms with Gasteiger partial charge in [-0.15, -0.1) is 21.5 Å². The van der Waals surface area contributed by atoms with Crippen molar-refractivity contribution in [3.63, 3.8) is 0 Å². The Bertz CT molecular complexity index is 1000. The zero-order valence-corrected chi connectivity index (χ0v) is 16.8. The molecule has 0 atom stereocenters. The minimum absolute atomic E-state index is 0.0836. The minimum atomic E-state index is -0.0836. The van der Waals surface area contributed by atoms with E-state index in [2.05, 4.69) is 21.6 Å². The number of thiophene rings is 1. The molecule has 1 aliphatic rings. The first-order chi connectivity index (χ1) is 13.7. The zero-order valence-electron chi connectivity index (χ0n) is 15.2. The van der Waals surface area contributed by atoms with Crippen LogP contribution in [-0.2, 0) is 24.2 Å². The molecule has 0 aromatic carbocycles. The van der Waals surface area contributed by atoms with Gasteiger partial charge in [0.15, 0.2) is 5.16 Å². The summed E-state index contributed by atoms with van der Waals surface area (Å²) in [5, 5.41) is 21.9. The van der Waals surface area contributed by atoms with Crippen LogP contribution in [0.25, 0.3) is 0 Å². The Morgan fingerprint density at radius 2 is 2.32 bits per heavy atom. The Morgan fingerprint density at radius 1 is 1.43 bits per heavy atom. The van der Waals surface area contributed by atoms with E-state index in [1.807, 2.05) is 16.7 Å². The molecule has 9 heteroatoms. The third-order valence-electron chi connectivity index (χ3n) is 4.58. The topological polar surface area (TPSA) is 96.7 Å². The van der Waals surface area contributed by atoms with Crippen LogP contribution in [0.15, 0.2) is 34.3 Å². The van der Waals surface area contributed by atoms with Crippen molar-refractivity contribution in [2.24, 2.45) is 0 Å². The number of thioether (sulfide) groups is 1. The molecule has 144 valence electrons. The molecule has 28 heavy (non-hydrogen) atoms. The average molecular weight is 414 g/mol. The maximum absolute atomic E-state index is 12.4. The maximum atomic E-state index is 12.4. The summed E-state index contributed by atoms with van der Waals surface area (Å²) in [6.07, 6.45) is 7.83. The number of hydrogen-bond acceptors (Lipinski definition) is 7. The lowest BCUT2D eigenvalue weighted by atomic mass is 9.96. The molecule has 3 aromatic heterocycles. The molecule has 0 bridgehead atoms. The number of nitrogens with zero attached hydrogens (tertiary/aromatic N) is 4. The van der Waals surface area contributed by atoms with Gasteiger partial charge in [-0.1, -0.05) is 11.8 Å². The number of furan rings is 1. The Balaban J connectivity index is 1.32. The number of aromatic nitrogens is 3. The summed E-state index contributed by atoms with van der Waals surface area (Å²) in [4.78, 5) is 13.6. The quantitative estimate of drug-likeness (QED) is 0.591. The lowest BCUT2D eigenvalue weighted by molar-refractivity contribution is -0.115. The summed E-state index contributed by atoms with van der Waals surface area (Å²) in [6.45, 7) is 0.556. The molecule has 0 radical (unpaired) electrons. The maximum Gasteiger partial charge on any atom is 0.225 e. The van der Waals surface area contributed by atoms with E-state index in [-0.39, 0.29) is 5.91 Å². The molecule has 0 spiro atoms. The predicted octanol–water partition coefficient (Wildman–Crippen LogP) is 3.85. The van der Waals surface area contributed by atoms with Gasteiger partial charge in [-0.2, -0.15) is 5.26 Å². The number of amides is 1. The fraction of sp³-hybridized carbons (Fsp3) is 0.368. The molecule has 3 heterocycles. The minimum Gasteiger partial charge on any atom is -0.467 e. The van der Waals surface area contributed by atoms with Crippen LogP contribution >= 0.6 is 23.1 Å². The summed E-state index contributed by atoms with van der Waals surface area (Å²) in [6, 6.07) is 6.02. The summed E-state index contributed by atoms with van der Waals surface area (Å²) in [7, 11) is 0. The molecule has 1 N–H and O–H groups in total. The molecule has 3 aromatic rings. The number of carbonyl (C=O) groups is 1. The molecule has 0 aliphatic heterocycles. The molecule has 1 amide bonds. The summed E-state index contributed by atoms with van der Waals surface area (Å²) < 4.78 is 7.24. The summed E-state index contributed by atoms with van der Waals surface area (Å²) >= 11 is 3.03. The number of rotatable bonds is 7. The molecule has 7 nitrogen and oxygen atoms in total. The van der Waals surface area contributed by atoms with Gasteiger partial charge in [0, 0.05) is 17.1 Å². The van der Waals surface area contributed by atoms with Gasteiger partial charge in [-0.3, -0.25) is 4.79 Å². The molecule has 1 aliphatic carbocycles. The van der Waals surface area contributed by atoms with E-state index in [1.165, 1.54) is 16.6 Å². The van der Waals surface area contributed by atoms with E-state index >= 15 is 0 Å². The van der Waals surface area contributed by atoms with Crippen LogP contribution in [0, 0.1) is 11.3 Å². The van der Waals surface area contributed by atoms with Crippen molar-refractivity contribution in [3.05, 3.63) is 46.5 Å². The van der Waals surface area contributed by atoms with Crippen molar-refractivity contribution in [1.29, 1.82) is 5.26 Å². The van der Waals surface area contributed by atoms with E-state index < -0.39 is 0 Å². The zero-order chi connectivity index (χ0) is 19.3. The van der Waals surface area contributed by atoms with Gasteiger partial charge in [-0.05, 0) is 43.4 Å². The molecule has 0 unspecified atom stereocenters. The highest BCUT2D eigenvalue weighted by molar-refractivity contribution is 7.99. The fourth-order valence-electron chi connectivity index (χ4n) is 3.23. The van der Waals surface area contributed by atoms with E-state index in [0.29, 0.717) is 29.3 Å². The third-order valence-corrected chi connectivity index (χ3v) is 6.77. The van der Waals surface area contributed by atoms with Crippen LogP contribution in [-0.4, -0.2) is 26.4 Å². The Morgan fingerprint density at radius 3 is 3.14 bits per heavy atom. The lowest BCUT2D eigenvalue weighted by Gasteiger charge is -2.09. The largest absolute Gasteiger partial charge is 0.467 e. The highest BCUT2D eigenvalue weighted by Crippen LogP contribution is 2.37. The van der Waals surface area contributed by atoms with Crippen molar-refractivity contribution in [2.75, 3.05) is 11.1 Å². The molecule has 0 saturated carbocycles. The number of nitriles is 1. The van der Waals surface area contributed by atoms with Crippen LogP contribution in [0.2, 0.25) is 0 Å². The first-order valence-corrected chi connectivity index (χ1v) is 10.9. The first-order valence-electron chi connectivity index (χ1n) is 9.12. The standard InChI is InChI=1S/C19H19N5O2S2/c20-10-15-14-5-1-2-6-16(14)28-18(15)22-17(25)7-9-27-19-23-21-12-24(19)11-13-4-3-8-26-13/h3-4,8,12H,1-2,5-7,9,11H2,(H,22,25). The van der Waals surface area contributed by atoms with Gasteiger partial charge in [-0.25, -0.2) is 0 Å². The third kappa shape index (κ3) is 4.13. The van der Waals surface area contributed by atoms with Crippen LogP contribution < -0.4 is 5.32 Å². The van der Waals surface area contributed by atoms with Gasteiger partial charge >= 0.3 is 0 Å². The normalized spacial score (nSPS) is 13.1. The van der Waals surface area contributed by atoms with Crippen LogP contribution in [0.1, 0.15) is 41.0 Å². The van der Waals surface area contributed by atoms with Gasteiger partial charge in [0.1, 0.15) is 23.2 Å². The highest BCUT2D eigenvalue weighted by atomic mass is 32.2. The predicted molar refractivity (Wildman–Crippen MR) is 107 cm³/mol. The van der Waals surface area contributed by atoms with E-state index in [1.54, 1.807) is 23.9 Å². The van der Waals surface area contributed by atoms with E-state index in [0.717, 1.165) is 42.2 Å². The average Bonchev–Trinajstić information content (AvgIpc) is 3.42. The second kappa shape index (κ2) is 8.63. The SMILES string of the molecule is N#Cc1c(NC(=O)CCSc2nncn2Cc2ccco2)sc2c1CCCC2. The fourth-order valence-corrected chi connectivity index (χ4v) is 5.34. The monoisotopic (exact) mass is 413 g/mol. The number of fused-ring (bicyclic) bond motifs is 1. The number of carbonyl (C=O) groups excluding carboxylic acids is 1. The van der Waals surface area contributed by atoms with Crippen LogP contribution in [0.3, 0.4) is 0 Å². The van der Waals surface area contributed by atoms with Crippen LogP contribution in [0.4, 0.5) is 5.00 Å². The van der Waals surface area contributed by atoms with Gasteiger partial charge in [0.25, 0.3) is 0 Å². The van der Waals surface area contributed by atoms with Crippen molar-refractivity contribution >= 4 is 34.0 Å². The van der Waals surface area contributed by atoms with Crippen molar-refractivity contribution < 1.29 is 9.21 Å². The number of anilines is 1. The Hall–Kier alpha value is -2.57. The smallest absolute Gasteiger partial charge is 0.225 e. The van der Waals surface area contributed by atoms with Crippen LogP contribution in [0.5, 0.6) is 0 Å². The number of hydrogen-bond donors (Lipinski definition) is 1. The summed E-state index contributed by atoms with van der Waals surface area (Å²) in [5.74, 6) is 1.32. The number of aryl methyl sites for hydroxylation is 1. The Kier molecular flexibility index (Phi) is 5.78. The molecular formula is C19H19N5O2S2. The van der Waals surface area contributed by atoms with Gasteiger partial charge in [0.2, 0.25) is 5.91 Å². The van der Waals surface area contributed by atoms with Gasteiger partial charge < -0.3 is 14.3 Å². The van der Waals surface area contributed by atoms with Crippen molar-refractivity contribution in [2.45, 2.75) is 43.8 Å². The number of nitrogens with one attached hydrogen (secondary N) is 1. The summed E-state index contributed by atoms with van der Waals surface area (Å²) in [5.41, 5.74) is 1.79. The highest BCUT2D eigenvalue weighted by Gasteiger charge is 2.21. The van der Waals surface area contributed by atoms with E-state index in [9.17, 15) is 10.1 Å². The molecule has 0 saturated heterocycles. The lowest BCUT2D eigenvalue weighted by Crippen LogP contribution is -2.12. The van der Waals surface area contributed by atoms with E-state index in [4.69, 9.17) is 4.42 Å². The molecular weight excluding hydrogens is 394 g/mol. The molecule has 4 rings (SSSR count). The van der Waals surface area contributed by atoms with Crippen molar-refractivity contribution in [3.8, 4) is 6.07 Å². The van der Waals surface area contributed by atoms with Gasteiger partial charge in [0.05, 0.1) is 18.4 Å². The second-order valence-electron chi connectivity index (χ2n) is 6.49. The Labute approximate surface area is 170 Å². The van der Waals surface area contributed by atoms with Crippen molar-refractivity contribution in [1.82, 2.24) is 14.8 Å². The first kappa shape index (κ1) is 18.8. The second-order valence-corrected chi connectivity index (χ2v) is 8.66.